The number of fused-ring (bicyclic) bond motifs is 2. The molecular weight excluding hydrogens is 334 g/mol. The van der Waals surface area contributed by atoms with Crippen LogP contribution >= 0.6 is 16.8 Å². The van der Waals surface area contributed by atoms with E-state index in [4.69, 9.17) is 4.31 Å². The molecule has 0 saturated heterocycles. The van der Waals surface area contributed by atoms with E-state index in [1.807, 2.05) is 36.4 Å². The average molecular weight is 348 g/mol. The van der Waals surface area contributed by atoms with Crippen LogP contribution in [0.4, 0.5) is 0 Å². The van der Waals surface area contributed by atoms with Crippen LogP contribution in [0.3, 0.4) is 0 Å². The predicted molar refractivity (Wildman–Crippen MR) is 103 cm³/mol. The second-order valence-corrected chi connectivity index (χ2v) is 7.80. The SMILES string of the molecule is O=POP(c1cccc2ccccc12)c1cccc2ccccc12. The Morgan fingerprint density at radius 3 is 1.58 bits per heavy atom. The lowest BCUT2D eigenvalue weighted by atomic mass is 10.1. The summed E-state index contributed by atoms with van der Waals surface area (Å²) in [4.78, 5) is 0. The van der Waals surface area contributed by atoms with Gasteiger partial charge in [-0.2, -0.15) is 0 Å². The summed E-state index contributed by atoms with van der Waals surface area (Å²) in [5, 5.41) is 6.78. The van der Waals surface area contributed by atoms with E-state index in [-0.39, 0.29) is 8.69 Å². The van der Waals surface area contributed by atoms with Crippen molar-refractivity contribution in [3.63, 3.8) is 0 Å². The van der Waals surface area contributed by atoms with Crippen LogP contribution in [0.15, 0.2) is 84.9 Å². The van der Waals surface area contributed by atoms with Crippen molar-refractivity contribution in [2.45, 2.75) is 0 Å². The first-order chi connectivity index (χ1) is 11.9. The average Bonchev–Trinajstić information content (AvgIpc) is 2.65. The van der Waals surface area contributed by atoms with Gasteiger partial charge in [-0.1, -0.05) is 84.9 Å². The largest absolute Gasteiger partial charge is 0.331 e. The zero-order valence-corrected chi connectivity index (χ0v) is 14.6. The number of benzene rings is 4. The molecule has 4 aromatic rings. The van der Waals surface area contributed by atoms with E-state index in [0.717, 1.165) is 32.2 Å². The van der Waals surface area contributed by atoms with Crippen molar-refractivity contribution in [1.29, 1.82) is 0 Å². The van der Waals surface area contributed by atoms with Gasteiger partial charge in [0.25, 0.3) is 0 Å². The van der Waals surface area contributed by atoms with Gasteiger partial charge in [0.2, 0.25) is 0 Å². The Kier molecular flexibility index (Phi) is 4.36. The minimum Gasteiger partial charge on any atom is -0.262 e. The molecule has 0 fully saturated rings. The maximum absolute atomic E-state index is 11.3. The lowest BCUT2D eigenvalue weighted by Gasteiger charge is -2.18. The molecule has 0 radical (unpaired) electrons. The van der Waals surface area contributed by atoms with Gasteiger partial charge >= 0.3 is 8.69 Å². The fourth-order valence-corrected chi connectivity index (χ4v) is 5.54. The minimum atomic E-state index is -1.18. The summed E-state index contributed by atoms with van der Waals surface area (Å²) in [6.07, 6.45) is 0. The van der Waals surface area contributed by atoms with Crippen LogP contribution in [-0.2, 0) is 8.88 Å². The Morgan fingerprint density at radius 1 is 0.625 bits per heavy atom. The van der Waals surface area contributed by atoms with Crippen LogP contribution in [0.1, 0.15) is 0 Å². The van der Waals surface area contributed by atoms with Crippen molar-refractivity contribution in [2.24, 2.45) is 0 Å². The second kappa shape index (κ2) is 6.79. The lowest BCUT2D eigenvalue weighted by molar-refractivity contribution is 0.549. The molecule has 0 aliphatic heterocycles. The smallest absolute Gasteiger partial charge is 0.262 e. The van der Waals surface area contributed by atoms with Gasteiger partial charge < -0.3 is 0 Å². The van der Waals surface area contributed by atoms with Gasteiger partial charge in [0.05, 0.1) is 0 Å². The zero-order valence-electron chi connectivity index (χ0n) is 12.8. The van der Waals surface area contributed by atoms with Gasteiger partial charge in [-0.3, -0.25) is 4.31 Å². The first-order valence-corrected chi connectivity index (χ1v) is 9.63. The van der Waals surface area contributed by atoms with Gasteiger partial charge in [0.15, 0.2) is 0 Å². The number of hydrogen-bond acceptors (Lipinski definition) is 2. The van der Waals surface area contributed by atoms with E-state index in [0.29, 0.717) is 0 Å². The molecule has 116 valence electrons. The van der Waals surface area contributed by atoms with E-state index < -0.39 is 8.15 Å². The molecule has 0 heterocycles. The molecule has 0 spiro atoms. The van der Waals surface area contributed by atoms with Crippen molar-refractivity contribution in [1.82, 2.24) is 0 Å². The highest BCUT2D eigenvalue weighted by Gasteiger charge is 2.20. The Balaban J connectivity index is 1.98. The molecule has 0 aromatic heterocycles. The van der Waals surface area contributed by atoms with Crippen molar-refractivity contribution in [3.05, 3.63) is 84.9 Å². The molecule has 2 nitrogen and oxygen atoms in total. The molecule has 0 atom stereocenters. The van der Waals surface area contributed by atoms with E-state index in [2.05, 4.69) is 48.5 Å². The van der Waals surface area contributed by atoms with E-state index in [9.17, 15) is 4.57 Å². The minimum absolute atomic E-state index is 0.297. The van der Waals surface area contributed by atoms with Crippen LogP contribution in [0, 0.1) is 0 Å². The first kappa shape index (κ1) is 15.4. The third kappa shape index (κ3) is 2.74. The quantitative estimate of drug-likeness (QED) is 0.451. The summed E-state index contributed by atoms with van der Waals surface area (Å²) < 4.78 is 17.0. The van der Waals surface area contributed by atoms with E-state index in [1.165, 1.54) is 0 Å². The number of rotatable bonds is 4. The standard InChI is InChI=1S/C20H14O2P2/c21-23-22-24(19-13-5-9-15-7-1-3-11-17(15)19)20-14-6-10-16-8-2-4-12-18(16)20/h1-14H. The first-order valence-electron chi connectivity index (χ1n) is 7.64. The van der Waals surface area contributed by atoms with Crippen LogP contribution in [0.5, 0.6) is 0 Å². The topological polar surface area (TPSA) is 26.3 Å². The Labute approximate surface area is 143 Å². The van der Waals surface area contributed by atoms with Crippen molar-refractivity contribution in [2.75, 3.05) is 0 Å². The molecule has 0 bridgehead atoms. The second-order valence-electron chi connectivity index (χ2n) is 5.45. The van der Waals surface area contributed by atoms with E-state index in [1.54, 1.807) is 0 Å². The summed E-state index contributed by atoms with van der Waals surface area (Å²) >= 11 is 0. The van der Waals surface area contributed by atoms with Crippen LogP contribution < -0.4 is 10.6 Å². The zero-order chi connectivity index (χ0) is 16.4. The fraction of sp³-hybridized carbons (Fsp3) is 0. The highest BCUT2D eigenvalue weighted by Crippen LogP contribution is 2.42. The predicted octanol–water partition coefficient (Wildman–Crippen LogP) is 5.56. The van der Waals surface area contributed by atoms with Crippen LogP contribution in [-0.4, -0.2) is 0 Å². The Hall–Kier alpha value is -2.11. The third-order valence-electron chi connectivity index (χ3n) is 4.09. The van der Waals surface area contributed by atoms with Crippen molar-refractivity contribution < 1.29 is 8.88 Å². The highest BCUT2D eigenvalue weighted by atomic mass is 31.2. The maximum Gasteiger partial charge on any atom is 0.331 e. The van der Waals surface area contributed by atoms with Gasteiger partial charge in [0.1, 0.15) is 8.15 Å². The van der Waals surface area contributed by atoms with Gasteiger partial charge in [-0.05, 0) is 21.5 Å². The highest BCUT2D eigenvalue weighted by molar-refractivity contribution is 7.72. The maximum atomic E-state index is 11.3. The molecule has 4 rings (SSSR count). The summed E-state index contributed by atoms with van der Waals surface area (Å²) in [6, 6.07) is 28.8. The summed E-state index contributed by atoms with van der Waals surface area (Å²) in [5.41, 5.74) is 0. The van der Waals surface area contributed by atoms with Crippen LogP contribution in [0.2, 0.25) is 0 Å². The summed E-state index contributed by atoms with van der Waals surface area (Å²) in [5.74, 6) is 0. The number of hydrogen-bond donors (Lipinski definition) is 0. The van der Waals surface area contributed by atoms with Gasteiger partial charge in [0, 0.05) is 10.6 Å². The third-order valence-corrected chi connectivity index (χ3v) is 6.66. The molecule has 0 unspecified atom stereocenters. The van der Waals surface area contributed by atoms with Crippen molar-refractivity contribution in [3.8, 4) is 0 Å². The monoisotopic (exact) mass is 348 g/mol. The molecule has 24 heavy (non-hydrogen) atoms. The normalized spacial score (nSPS) is 11.5. The van der Waals surface area contributed by atoms with Gasteiger partial charge in [-0.15, -0.1) is 0 Å². The molecule has 4 heteroatoms. The fourth-order valence-electron chi connectivity index (χ4n) is 3.02. The summed E-state index contributed by atoms with van der Waals surface area (Å²) in [7, 11) is -1.47. The molecule has 0 aliphatic carbocycles. The molecule has 0 N–H and O–H groups in total. The lowest BCUT2D eigenvalue weighted by Crippen LogP contribution is -2.13. The molecule has 0 aliphatic rings. The van der Waals surface area contributed by atoms with Crippen LogP contribution in [0.25, 0.3) is 21.5 Å². The molecular formula is C20H14O2P2. The Morgan fingerprint density at radius 2 is 1.08 bits per heavy atom. The Bertz CT molecular complexity index is 940. The molecule has 0 saturated carbocycles. The molecule has 4 aromatic carbocycles. The summed E-state index contributed by atoms with van der Waals surface area (Å²) in [6.45, 7) is 0. The van der Waals surface area contributed by atoms with Crippen molar-refractivity contribution >= 4 is 49.0 Å². The van der Waals surface area contributed by atoms with Gasteiger partial charge in [-0.25, -0.2) is 4.57 Å². The van der Waals surface area contributed by atoms with E-state index >= 15 is 0 Å². The molecule has 0 amide bonds.